The minimum absolute atomic E-state index is 0.00941. The van der Waals surface area contributed by atoms with E-state index in [2.05, 4.69) is 29.4 Å². The monoisotopic (exact) mass is 352 g/mol. The van der Waals surface area contributed by atoms with Crippen LogP contribution in [0.1, 0.15) is 29.8 Å². The molecule has 1 N–H and O–H groups in total. The van der Waals surface area contributed by atoms with Crippen LogP contribution in [0.25, 0.3) is 0 Å². The Morgan fingerprint density at radius 1 is 1.43 bits per heavy atom. The highest BCUT2D eigenvalue weighted by molar-refractivity contribution is 8.01. The average molecular weight is 352 g/mol. The van der Waals surface area contributed by atoms with Gasteiger partial charge in [-0.15, -0.1) is 10.2 Å². The minimum Gasteiger partial charge on any atom is -0.296 e. The Labute approximate surface area is 141 Å². The number of thioether (sulfide) groups is 1. The third kappa shape index (κ3) is 4.73. The van der Waals surface area contributed by atoms with Gasteiger partial charge in [0.15, 0.2) is 4.34 Å². The van der Waals surface area contributed by atoms with Crippen LogP contribution in [0.4, 0.5) is 10.8 Å². The van der Waals surface area contributed by atoms with E-state index in [4.69, 9.17) is 0 Å². The average Bonchev–Trinajstić information content (AvgIpc) is 2.92. The third-order valence-corrected chi connectivity index (χ3v) is 5.22. The molecule has 0 atom stereocenters. The molecule has 0 unspecified atom stereocenters. The van der Waals surface area contributed by atoms with E-state index in [9.17, 15) is 14.9 Å². The quantitative estimate of drug-likeness (QED) is 0.368. The zero-order valence-corrected chi connectivity index (χ0v) is 14.5. The number of nitrogens with one attached hydrogen (secondary N) is 1. The van der Waals surface area contributed by atoms with Crippen molar-refractivity contribution in [2.45, 2.75) is 25.1 Å². The highest BCUT2D eigenvalue weighted by atomic mass is 32.2. The molecule has 0 aliphatic heterocycles. The molecule has 0 spiro atoms. The maximum Gasteiger partial charge on any atom is 0.272 e. The number of nitro benzene ring substituents is 1. The summed E-state index contributed by atoms with van der Waals surface area (Å²) >= 11 is 2.91. The van der Waals surface area contributed by atoms with E-state index in [-0.39, 0.29) is 11.6 Å². The second kappa shape index (κ2) is 7.51. The molecule has 1 aromatic heterocycles. The Hall–Kier alpha value is -2.00. The summed E-state index contributed by atoms with van der Waals surface area (Å²) in [5.74, 6) is 1.12. The Bertz CT molecular complexity index is 731. The molecular formula is C14H16N4O3S2. The molecule has 0 fully saturated rings. The topological polar surface area (TPSA) is 98.0 Å². The van der Waals surface area contributed by atoms with Crippen LogP contribution in [0.3, 0.4) is 0 Å². The first-order valence-corrected chi connectivity index (χ1v) is 8.69. The van der Waals surface area contributed by atoms with Gasteiger partial charge in [0.05, 0.1) is 4.92 Å². The normalized spacial score (nSPS) is 10.8. The van der Waals surface area contributed by atoms with Gasteiger partial charge in [-0.25, -0.2) is 0 Å². The number of nitro groups is 1. The molecule has 0 radical (unpaired) electrons. The zero-order valence-electron chi connectivity index (χ0n) is 12.9. The fourth-order valence-corrected chi connectivity index (χ4v) is 3.45. The van der Waals surface area contributed by atoms with Gasteiger partial charge in [0.25, 0.3) is 11.6 Å². The molecule has 0 bridgehead atoms. The number of anilines is 1. The number of aromatic nitrogens is 2. The van der Waals surface area contributed by atoms with Crippen molar-refractivity contribution in [1.29, 1.82) is 0 Å². The fourth-order valence-electron chi connectivity index (χ4n) is 1.73. The van der Waals surface area contributed by atoms with Gasteiger partial charge in [-0.2, -0.15) is 0 Å². The number of benzene rings is 1. The first-order chi connectivity index (χ1) is 10.9. The fraction of sp³-hybridized carbons (Fsp3) is 0.357. The Morgan fingerprint density at radius 2 is 2.17 bits per heavy atom. The van der Waals surface area contributed by atoms with Crippen LogP contribution in [-0.4, -0.2) is 26.8 Å². The van der Waals surface area contributed by atoms with Gasteiger partial charge in [-0.3, -0.25) is 20.2 Å². The van der Waals surface area contributed by atoms with Gasteiger partial charge in [-0.1, -0.05) is 36.9 Å². The molecule has 1 aromatic carbocycles. The van der Waals surface area contributed by atoms with Crippen molar-refractivity contribution in [2.24, 2.45) is 5.92 Å². The number of carbonyl (C=O) groups excluding carboxylic acids is 1. The van der Waals surface area contributed by atoms with Crippen LogP contribution in [0.15, 0.2) is 22.5 Å². The smallest absolute Gasteiger partial charge is 0.272 e. The Kier molecular flexibility index (Phi) is 5.67. The van der Waals surface area contributed by atoms with Crippen LogP contribution in [0.2, 0.25) is 0 Å². The molecule has 0 aliphatic rings. The summed E-state index contributed by atoms with van der Waals surface area (Å²) in [6, 6.07) is 4.24. The highest BCUT2D eigenvalue weighted by Gasteiger charge is 2.15. The molecule has 122 valence electrons. The van der Waals surface area contributed by atoms with Crippen molar-refractivity contribution in [3.05, 3.63) is 39.4 Å². The lowest BCUT2D eigenvalue weighted by molar-refractivity contribution is -0.385. The third-order valence-electron chi connectivity index (χ3n) is 2.82. The Morgan fingerprint density at radius 3 is 2.78 bits per heavy atom. The van der Waals surface area contributed by atoms with E-state index in [1.807, 2.05) is 0 Å². The summed E-state index contributed by atoms with van der Waals surface area (Å²) in [7, 11) is 0. The van der Waals surface area contributed by atoms with Crippen LogP contribution in [0.5, 0.6) is 0 Å². The standard InChI is InChI=1S/C14H16N4O3S2/c1-8(2)7-22-14-17-16-13(23-14)15-12(19)10-4-5-11(18(20)21)9(3)6-10/h4-6,8H,7H2,1-3H3,(H,15,16,19). The molecule has 0 aliphatic carbocycles. The van der Waals surface area contributed by atoms with E-state index in [0.717, 1.165) is 10.1 Å². The van der Waals surface area contributed by atoms with Gasteiger partial charge in [-0.05, 0) is 25.0 Å². The number of nitrogens with zero attached hydrogens (tertiary/aromatic N) is 3. The number of carbonyl (C=O) groups is 1. The number of aryl methyl sites for hydroxylation is 1. The van der Waals surface area contributed by atoms with Crippen molar-refractivity contribution in [3.8, 4) is 0 Å². The first kappa shape index (κ1) is 17.4. The molecular weight excluding hydrogens is 336 g/mol. The lowest BCUT2D eigenvalue weighted by Gasteiger charge is -2.03. The van der Waals surface area contributed by atoms with Crippen LogP contribution in [0, 0.1) is 23.0 Å². The molecule has 9 heteroatoms. The lowest BCUT2D eigenvalue weighted by atomic mass is 10.1. The molecule has 7 nitrogen and oxygen atoms in total. The van der Waals surface area contributed by atoms with E-state index in [1.54, 1.807) is 18.7 Å². The van der Waals surface area contributed by atoms with Crippen molar-refractivity contribution < 1.29 is 9.72 Å². The summed E-state index contributed by atoms with van der Waals surface area (Å²) in [5, 5.41) is 21.8. The largest absolute Gasteiger partial charge is 0.296 e. The summed E-state index contributed by atoms with van der Waals surface area (Å²) < 4.78 is 0.800. The number of hydrogen-bond donors (Lipinski definition) is 1. The molecule has 2 aromatic rings. The zero-order chi connectivity index (χ0) is 17.0. The number of rotatable bonds is 6. The van der Waals surface area contributed by atoms with Gasteiger partial charge in [0, 0.05) is 22.9 Å². The summed E-state index contributed by atoms with van der Waals surface area (Å²) in [4.78, 5) is 22.5. The summed E-state index contributed by atoms with van der Waals surface area (Å²) in [6.07, 6.45) is 0. The number of hydrogen-bond acceptors (Lipinski definition) is 7. The maximum absolute atomic E-state index is 12.2. The van der Waals surface area contributed by atoms with Crippen LogP contribution < -0.4 is 5.32 Å². The molecule has 23 heavy (non-hydrogen) atoms. The van der Waals surface area contributed by atoms with Gasteiger partial charge < -0.3 is 0 Å². The van der Waals surface area contributed by atoms with Crippen molar-refractivity contribution >= 4 is 39.8 Å². The van der Waals surface area contributed by atoms with Gasteiger partial charge in [0.2, 0.25) is 5.13 Å². The van der Waals surface area contributed by atoms with Crippen LogP contribution >= 0.6 is 23.1 Å². The lowest BCUT2D eigenvalue weighted by Crippen LogP contribution is -2.12. The minimum atomic E-state index is -0.472. The van der Waals surface area contributed by atoms with E-state index in [1.165, 1.54) is 29.5 Å². The van der Waals surface area contributed by atoms with Crippen molar-refractivity contribution in [3.63, 3.8) is 0 Å². The molecule has 1 amide bonds. The molecule has 0 saturated carbocycles. The van der Waals surface area contributed by atoms with Gasteiger partial charge >= 0.3 is 0 Å². The predicted molar refractivity (Wildman–Crippen MR) is 91.3 cm³/mol. The molecule has 1 heterocycles. The molecule has 2 rings (SSSR count). The SMILES string of the molecule is Cc1cc(C(=O)Nc2nnc(SCC(C)C)s2)ccc1[N+](=O)[O-]. The second-order valence-corrected chi connectivity index (χ2v) is 7.54. The molecule has 0 saturated heterocycles. The maximum atomic E-state index is 12.2. The van der Waals surface area contributed by atoms with E-state index in [0.29, 0.717) is 22.2 Å². The first-order valence-electron chi connectivity index (χ1n) is 6.89. The highest BCUT2D eigenvalue weighted by Crippen LogP contribution is 2.27. The number of amides is 1. The summed E-state index contributed by atoms with van der Waals surface area (Å²) in [6.45, 7) is 5.84. The second-order valence-electron chi connectivity index (χ2n) is 5.29. The van der Waals surface area contributed by atoms with Gasteiger partial charge in [0.1, 0.15) is 0 Å². The van der Waals surface area contributed by atoms with Crippen molar-refractivity contribution in [1.82, 2.24) is 10.2 Å². The van der Waals surface area contributed by atoms with Crippen LogP contribution in [-0.2, 0) is 0 Å². The van der Waals surface area contributed by atoms with Crippen molar-refractivity contribution in [2.75, 3.05) is 11.1 Å². The summed E-state index contributed by atoms with van der Waals surface area (Å²) in [5.41, 5.74) is 0.776. The van der Waals surface area contributed by atoms with E-state index < -0.39 is 4.92 Å². The van der Waals surface area contributed by atoms with E-state index >= 15 is 0 Å². The predicted octanol–water partition coefficient (Wildman–Crippen LogP) is 3.76. The Balaban J connectivity index is 2.04.